The average Bonchev–Trinajstić information content (AvgIpc) is 2.76. The molecule has 1 heterocycles. The number of nitrogens with zero attached hydrogens (tertiary/aromatic N) is 1. The van der Waals surface area contributed by atoms with Crippen LogP contribution in [0.25, 0.3) is 0 Å². The number of hydrazine groups is 1. The first kappa shape index (κ1) is 15.3. The van der Waals surface area contributed by atoms with Gasteiger partial charge in [-0.1, -0.05) is 13.3 Å². The van der Waals surface area contributed by atoms with Crippen molar-refractivity contribution >= 4 is 11.9 Å². The van der Waals surface area contributed by atoms with Crippen molar-refractivity contribution in [3.63, 3.8) is 0 Å². The second-order valence-corrected chi connectivity index (χ2v) is 6.64. The first-order valence-corrected chi connectivity index (χ1v) is 7.71. The molecular weight excluding hydrogens is 256 g/mol. The molecule has 2 aliphatic rings. The number of carboxylic acids is 1. The quantitative estimate of drug-likeness (QED) is 0.831. The summed E-state index contributed by atoms with van der Waals surface area (Å²) in [4.78, 5) is 23.7. The molecule has 0 aromatic rings. The maximum atomic E-state index is 12.4. The van der Waals surface area contributed by atoms with Gasteiger partial charge < -0.3 is 5.11 Å². The number of amides is 1. The fraction of sp³-hybridized carbons (Fsp3) is 0.867. The third kappa shape index (κ3) is 3.14. The first-order chi connectivity index (χ1) is 9.40. The van der Waals surface area contributed by atoms with Crippen molar-refractivity contribution in [2.24, 2.45) is 17.8 Å². The van der Waals surface area contributed by atoms with Gasteiger partial charge in [0.15, 0.2) is 0 Å². The minimum Gasteiger partial charge on any atom is -0.481 e. The monoisotopic (exact) mass is 282 g/mol. The number of carboxylic acid groups (broad SMARTS) is 1. The minimum atomic E-state index is -0.839. The first-order valence-electron chi connectivity index (χ1n) is 7.71. The van der Waals surface area contributed by atoms with Crippen LogP contribution in [0.4, 0.5) is 0 Å². The van der Waals surface area contributed by atoms with Crippen molar-refractivity contribution in [3.8, 4) is 0 Å². The molecule has 5 unspecified atom stereocenters. The van der Waals surface area contributed by atoms with Crippen LogP contribution in [0.5, 0.6) is 0 Å². The SMILES string of the molecule is CC1CC(C(=O)O)C(C(=O)NN2C(C)CCCC2C)C1. The van der Waals surface area contributed by atoms with Crippen LogP contribution in [0.15, 0.2) is 0 Å². The van der Waals surface area contributed by atoms with Gasteiger partial charge in [0.05, 0.1) is 11.8 Å². The number of aliphatic carboxylic acids is 1. The Hall–Kier alpha value is -1.10. The number of piperidine rings is 1. The van der Waals surface area contributed by atoms with Crippen molar-refractivity contribution in [2.75, 3.05) is 0 Å². The summed E-state index contributed by atoms with van der Waals surface area (Å²) in [7, 11) is 0. The van der Waals surface area contributed by atoms with Crippen LogP contribution in [0, 0.1) is 17.8 Å². The lowest BCUT2D eigenvalue weighted by Crippen LogP contribution is -2.55. The van der Waals surface area contributed by atoms with Crippen molar-refractivity contribution in [1.29, 1.82) is 0 Å². The van der Waals surface area contributed by atoms with Crippen molar-refractivity contribution in [2.45, 2.75) is 65.0 Å². The molecule has 2 rings (SSSR count). The van der Waals surface area contributed by atoms with Crippen LogP contribution in [-0.4, -0.2) is 34.1 Å². The maximum Gasteiger partial charge on any atom is 0.307 e. The van der Waals surface area contributed by atoms with E-state index in [0.29, 0.717) is 30.8 Å². The Kier molecular flexibility index (Phi) is 4.68. The highest BCUT2D eigenvalue weighted by Gasteiger charge is 2.42. The second-order valence-electron chi connectivity index (χ2n) is 6.64. The van der Waals surface area contributed by atoms with E-state index >= 15 is 0 Å². The zero-order chi connectivity index (χ0) is 14.9. The van der Waals surface area contributed by atoms with Crippen LogP contribution < -0.4 is 5.43 Å². The molecular formula is C15H26N2O3. The Bertz CT molecular complexity index is 375. The fourth-order valence-electron chi connectivity index (χ4n) is 3.71. The van der Waals surface area contributed by atoms with Crippen LogP contribution in [-0.2, 0) is 9.59 Å². The van der Waals surface area contributed by atoms with E-state index in [1.165, 1.54) is 6.42 Å². The Morgan fingerprint density at radius 2 is 1.60 bits per heavy atom. The van der Waals surface area contributed by atoms with Crippen LogP contribution in [0.2, 0.25) is 0 Å². The molecule has 0 spiro atoms. The van der Waals surface area contributed by atoms with Gasteiger partial charge in [0, 0.05) is 12.1 Å². The van der Waals surface area contributed by atoms with E-state index in [1.807, 2.05) is 11.9 Å². The highest BCUT2D eigenvalue weighted by atomic mass is 16.4. The Labute approximate surface area is 120 Å². The van der Waals surface area contributed by atoms with Gasteiger partial charge in [-0.15, -0.1) is 0 Å². The number of carbonyl (C=O) groups is 2. The molecule has 1 saturated carbocycles. The fourth-order valence-corrected chi connectivity index (χ4v) is 3.71. The highest BCUT2D eigenvalue weighted by Crippen LogP contribution is 2.36. The average molecular weight is 282 g/mol. The summed E-state index contributed by atoms with van der Waals surface area (Å²) in [5.74, 6) is -1.55. The van der Waals surface area contributed by atoms with E-state index in [2.05, 4.69) is 19.3 Å². The number of rotatable bonds is 3. The van der Waals surface area contributed by atoms with E-state index in [0.717, 1.165) is 12.8 Å². The van der Waals surface area contributed by atoms with Crippen molar-refractivity contribution in [1.82, 2.24) is 10.4 Å². The van der Waals surface area contributed by atoms with Gasteiger partial charge in [-0.05, 0) is 45.4 Å². The zero-order valence-electron chi connectivity index (χ0n) is 12.6. The van der Waals surface area contributed by atoms with E-state index in [4.69, 9.17) is 0 Å². The number of carbonyl (C=O) groups excluding carboxylic acids is 1. The largest absolute Gasteiger partial charge is 0.481 e. The van der Waals surface area contributed by atoms with E-state index in [9.17, 15) is 14.7 Å². The molecule has 0 aromatic carbocycles. The van der Waals surface area contributed by atoms with Crippen LogP contribution in [0.1, 0.15) is 52.9 Å². The van der Waals surface area contributed by atoms with Crippen LogP contribution in [0.3, 0.4) is 0 Å². The van der Waals surface area contributed by atoms with E-state index in [1.54, 1.807) is 0 Å². The molecule has 5 nitrogen and oxygen atoms in total. The summed E-state index contributed by atoms with van der Waals surface area (Å²) in [6, 6.07) is 0.648. The molecule has 5 heteroatoms. The summed E-state index contributed by atoms with van der Waals surface area (Å²) in [6.45, 7) is 6.25. The topological polar surface area (TPSA) is 69.6 Å². The molecule has 0 aromatic heterocycles. The molecule has 1 aliphatic heterocycles. The number of nitrogens with one attached hydrogen (secondary N) is 1. The van der Waals surface area contributed by atoms with Gasteiger partial charge in [0.2, 0.25) is 5.91 Å². The van der Waals surface area contributed by atoms with Gasteiger partial charge >= 0.3 is 5.97 Å². The van der Waals surface area contributed by atoms with Crippen molar-refractivity contribution in [3.05, 3.63) is 0 Å². The Balaban J connectivity index is 2.01. The molecule has 20 heavy (non-hydrogen) atoms. The van der Waals surface area contributed by atoms with Gasteiger partial charge in [0.25, 0.3) is 0 Å². The van der Waals surface area contributed by atoms with E-state index in [-0.39, 0.29) is 11.8 Å². The van der Waals surface area contributed by atoms with Crippen molar-refractivity contribution < 1.29 is 14.7 Å². The summed E-state index contributed by atoms with van der Waals surface area (Å²) in [5, 5.41) is 11.3. The normalized spacial score (nSPS) is 38.6. The van der Waals surface area contributed by atoms with Gasteiger partial charge in [-0.3, -0.25) is 15.0 Å². The predicted octanol–water partition coefficient (Wildman–Crippen LogP) is 2.03. The number of hydrogen-bond donors (Lipinski definition) is 2. The zero-order valence-corrected chi connectivity index (χ0v) is 12.6. The molecule has 0 radical (unpaired) electrons. The van der Waals surface area contributed by atoms with E-state index < -0.39 is 11.9 Å². The maximum absolute atomic E-state index is 12.4. The number of hydrogen-bond acceptors (Lipinski definition) is 3. The summed E-state index contributed by atoms with van der Waals surface area (Å²) in [5.41, 5.74) is 3.00. The summed E-state index contributed by atoms with van der Waals surface area (Å²) < 4.78 is 0. The molecule has 1 aliphatic carbocycles. The minimum absolute atomic E-state index is 0.109. The molecule has 0 bridgehead atoms. The standard InChI is InChI=1S/C15H26N2O3/c1-9-7-12(13(8-9)15(19)20)14(18)16-17-10(2)5-4-6-11(17)3/h9-13H,4-8H2,1-3H3,(H,16,18)(H,19,20). The van der Waals surface area contributed by atoms with Crippen LogP contribution >= 0.6 is 0 Å². The molecule has 1 saturated heterocycles. The smallest absolute Gasteiger partial charge is 0.307 e. The van der Waals surface area contributed by atoms with Gasteiger partial charge in [-0.25, -0.2) is 5.01 Å². The third-order valence-corrected chi connectivity index (χ3v) is 4.89. The second kappa shape index (κ2) is 6.12. The lowest BCUT2D eigenvalue weighted by Gasteiger charge is -2.39. The molecule has 114 valence electrons. The van der Waals surface area contributed by atoms with Gasteiger partial charge in [0.1, 0.15) is 0 Å². The molecule has 2 fully saturated rings. The Morgan fingerprint density at radius 3 is 2.15 bits per heavy atom. The van der Waals surface area contributed by atoms with Gasteiger partial charge in [-0.2, -0.15) is 0 Å². The Morgan fingerprint density at radius 1 is 1.05 bits per heavy atom. The third-order valence-electron chi connectivity index (χ3n) is 4.89. The lowest BCUT2D eigenvalue weighted by atomic mass is 9.95. The summed E-state index contributed by atoms with van der Waals surface area (Å²) in [6.07, 6.45) is 4.63. The molecule has 2 N–H and O–H groups in total. The highest BCUT2D eigenvalue weighted by molar-refractivity contribution is 5.85. The summed E-state index contributed by atoms with van der Waals surface area (Å²) >= 11 is 0. The molecule has 1 amide bonds. The predicted molar refractivity (Wildman–Crippen MR) is 75.8 cm³/mol. The molecule has 5 atom stereocenters. The lowest BCUT2D eigenvalue weighted by molar-refractivity contribution is -0.148.